The molecule has 6 heteroatoms. The van der Waals surface area contributed by atoms with E-state index in [4.69, 9.17) is 5.11 Å². The normalized spacial score (nSPS) is 10.6. The number of carbonyl (C=O) groups excluding carboxylic acids is 1. The van der Waals surface area contributed by atoms with Crippen LogP contribution in [0, 0.1) is 12.8 Å². The van der Waals surface area contributed by atoms with E-state index >= 15 is 0 Å². The summed E-state index contributed by atoms with van der Waals surface area (Å²) in [4.78, 5) is 38.8. The lowest BCUT2D eigenvalue weighted by Gasteiger charge is -2.23. The third-order valence-corrected chi connectivity index (χ3v) is 2.75. The standard InChI is InChI=1S/C14H20N2O4/c1-9(2)8-16(7-6-12(17)18)14(20)11-5-4-10(3)15-13(11)19/h4-5,9H,6-8H2,1-3H3,(H,15,19)(H,17,18). The average molecular weight is 280 g/mol. The second-order valence-electron chi connectivity index (χ2n) is 5.17. The fourth-order valence-electron chi connectivity index (χ4n) is 1.86. The number of nitrogens with one attached hydrogen (secondary N) is 1. The fourth-order valence-corrected chi connectivity index (χ4v) is 1.86. The zero-order valence-electron chi connectivity index (χ0n) is 12.0. The first-order chi connectivity index (χ1) is 9.31. The summed E-state index contributed by atoms with van der Waals surface area (Å²) in [6, 6.07) is 3.13. The van der Waals surface area contributed by atoms with Crippen LogP contribution in [0.2, 0.25) is 0 Å². The van der Waals surface area contributed by atoms with Gasteiger partial charge in [-0.15, -0.1) is 0 Å². The van der Waals surface area contributed by atoms with Crippen LogP contribution in [0.5, 0.6) is 0 Å². The van der Waals surface area contributed by atoms with Gasteiger partial charge in [-0.1, -0.05) is 13.8 Å². The van der Waals surface area contributed by atoms with Crippen molar-refractivity contribution in [3.8, 4) is 0 Å². The fraction of sp³-hybridized carbons (Fsp3) is 0.500. The predicted molar refractivity (Wildman–Crippen MR) is 74.8 cm³/mol. The summed E-state index contributed by atoms with van der Waals surface area (Å²) in [6.07, 6.45) is -0.137. The van der Waals surface area contributed by atoms with Gasteiger partial charge in [0.15, 0.2) is 0 Å². The molecule has 110 valence electrons. The summed E-state index contributed by atoms with van der Waals surface area (Å²) in [5.41, 5.74) is 0.271. The summed E-state index contributed by atoms with van der Waals surface area (Å²) in [6.45, 7) is 6.10. The molecule has 0 aliphatic rings. The number of aryl methyl sites for hydroxylation is 1. The molecule has 1 aromatic heterocycles. The highest BCUT2D eigenvalue weighted by Crippen LogP contribution is 2.06. The molecule has 1 rings (SSSR count). The van der Waals surface area contributed by atoms with Crippen LogP contribution in [-0.4, -0.2) is 40.0 Å². The van der Waals surface area contributed by atoms with Crippen molar-refractivity contribution in [3.63, 3.8) is 0 Å². The molecule has 0 aliphatic heterocycles. The number of carboxylic acid groups (broad SMARTS) is 1. The highest BCUT2D eigenvalue weighted by molar-refractivity contribution is 5.94. The monoisotopic (exact) mass is 280 g/mol. The van der Waals surface area contributed by atoms with E-state index < -0.39 is 17.4 Å². The first kappa shape index (κ1) is 15.9. The van der Waals surface area contributed by atoms with Crippen molar-refractivity contribution in [1.29, 1.82) is 0 Å². The van der Waals surface area contributed by atoms with Crippen LogP contribution in [0.25, 0.3) is 0 Å². The molecule has 1 heterocycles. The van der Waals surface area contributed by atoms with Crippen LogP contribution in [0.3, 0.4) is 0 Å². The summed E-state index contributed by atoms with van der Waals surface area (Å²) in [5, 5.41) is 8.73. The van der Waals surface area contributed by atoms with Crippen molar-refractivity contribution < 1.29 is 14.7 Å². The molecule has 0 bridgehead atoms. The van der Waals surface area contributed by atoms with Gasteiger partial charge in [0, 0.05) is 18.8 Å². The van der Waals surface area contributed by atoms with E-state index in [-0.39, 0.29) is 24.4 Å². The van der Waals surface area contributed by atoms with E-state index in [2.05, 4.69) is 4.98 Å². The van der Waals surface area contributed by atoms with E-state index in [1.54, 1.807) is 13.0 Å². The maximum atomic E-state index is 12.3. The van der Waals surface area contributed by atoms with Crippen LogP contribution in [0.15, 0.2) is 16.9 Å². The second-order valence-corrected chi connectivity index (χ2v) is 5.17. The van der Waals surface area contributed by atoms with Gasteiger partial charge in [0.2, 0.25) is 0 Å². The minimum Gasteiger partial charge on any atom is -0.481 e. The number of carbonyl (C=O) groups is 2. The van der Waals surface area contributed by atoms with Gasteiger partial charge >= 0.3 is 5.97 Å². The number of nitrogens with zero attached hydrogens (tertiary/aromatic N) is 1. The molecular formula is C14H20N2O4. The minimum atomic E-state index is -0.968. The van der Waals surface area contributed by atoms with Crippen LogP contribution < -0.4 is 5.56 Å². The van der Waals surface area contributed by atoms with Gasteiger partial charge in [0.1, 0.15) is 5.56 Å². The largest absolute Gasteiger partial charge is 0.481 e. The molecule has 0 spiro atoms. The first-order valence-corrected chi connectivity index (χ1v) is 6.52. The lowest BCUT2D eigenvalue weighted by Crippen LogP contribution is -2.38. The van der Waals surface area contributed by atoms with Crippen LogP contribution in [0.4, 0.5) is 0 Å². The molecular weight excluding hydrogens is 260 g/mol. The number of carboxylic acids is 1. The van der Waals surface area contributed by atoms with Crippen LogP contribution in [0.1, 0.15) is 36.3 Å². The number of H-pyrrole nitrogens is 1. The summed E-state index contributed by atoms with van der Waals surface area (Å²) < 4.78 is 0. The topological polar surface area (TPSA) is 90.5 Å². The lowest BCUT2D eigenvalue weighted by molar-refractivity contribution is -0.137. The molecule has 0 aliphatic carbocycles. The number of hydrogen-bond donors (Lipinski definition) is 2. The third-order valence-electron chi connectivity index (χ3n) is 2.75. The van der Waals surface area contributed by atoms with Crippen LogP contribution >= 0.6 is 0 Å². The maximum absolute atomic E-state index is 12.3. The Hall–Kier alpha value is -2.11. The average Bonchev–Trinajstić information content (AvgIpc) is 2.33. The van der Waals surface area contributed by atoms with Crippen molar-refractivity contribution in [3.05, 3.63) is 33.7 Å². The summed E-state index contributed by atoms with van der Waals surface area (Å²) in [5.74, 6) is -1.21. The van der Waals surface area contributed by atoms with Crippen molar-refractivity contribution in [2.75, 3.05) is 13.1 Å². The minimum absolute atomic E-state index is 0.0432. The van der Waals surface area contributed by atoms with Gasteiger partial charge in [-0.05, 0) is 25.0 Å². The van der Waals surface area contributed by atoms with Crippen LogP contribution in [-0.2, 0) is 4.79 Å². The Balaban J connectivity index is 2.96. The highest BCUT2D eigenvalue weighted by Gasteiger charge is 2.20. The second kappa shape index (κ2) is 6.88. The number of hydrogen-bond acceptors (Lipinski definition) is 3. The maximum Gasteiger partial charge on any atom is 0.305 e. The molecule has 0 radical (unpaired) electrons. The highest BCUT2D eigenvalue weighted by atomic mass is 16.4. The van der Waals surface area contributed by atoms with E-state index in [0.29, 0.717) is 12.2 Å². The van der Waals surface area contributed by atoms with E-state index in [1.165, 1.54) is 11.0 Å². The Morgan fingerprint density at radius 3 is 2.50 bits per heavy atom. The zero-order chi connectivity index (χ0) is 15.3. The molecule has 1 amide bonds. The Labute approximate surface area is 117 Å². The van der Waals surface area contributed by atoms with Gasteiger partial charge in [-0.25, -0.2) is 0 Å². The molecule has 20 heavy (non-hydrogen) atoms. The van der Waals surface area contributed by atoms with Crippen molar-refractivity contribution in [2.45, 2.75) is 27.2 Å². The van der Waals surface area contributed by atoms with Crippen molar-refractivity contribution >= 4 is 11.9 Å². The molecule has 0 unspecified atom stereocenters. The van der Waals surface area contributed by atoms with Gasteiger partial charge in [-0.2, -0.15) is 0 Å². The first-order valence-electron chi connectivity index (χ1n) is 6.52. The molecule has 0 saturated heterocycles. The Morgan fingerprint density at radius 2 is 2.00 bits per heavy atom. The molecule has 2 N–H and O–H groups in total. The molecule has 0 aromatic carbocycles. The molecule has 6 nitrogen and oxygen atoms in total. The van der Waals surface area contributed by atoms with E-state index in [0.717, 1.165) is 0 Å². The van der Waals surface area contributed by atoms with Crippen molar-refractivity contribution in [2.24, 2.45) is 5.92 Å². The molecule has 0 fully saturated rings. The summed E-state index contributed by atoms with van der Waals surface area (Å²) in [7, 11) is 0. The van der Waals surface area contributed by atoms with Gasteiger partial charge in [0.05, 0.1) is 6.42 Å². The van der Waals surface area contributed by atoms with Gasteiger partial charge in [0.25, 0.3) is 11.5 Å². The zero-order valence-corrected chi connectivity index (χ0v) is 12.0. The SMILES string of the molecule is Cc1ccc(C(=O)N(CCC(=O)O)CC(C)C)c(=O)[nH]1. The van der Waals surface area contributed by atoms with Gasteiger partial charge in [-0.3, -0.25) is 14.4 Å². The summed E-state index contributed by atoms with van der Waals surface area (Å²) >= 11 is 0. The number of rotatable bonds is 6. The van der Waals surface area contributed by atoms with Gasteiger partial charge < -0.3 is 15.0 Å². The van der Waals surface area contributed by atoms with Crippen molar-refractivity contribution in [1.82, 2.24) is 9.88 Å². The molecule has 0 atom stereocenters. The Kier molecular flexibility index (Phi) is 5.49. The number of amides is 1. The number of aromatic amines is 1. The third kappa shape index (κ3) is 4.53. The molecule has 1 aromatic rings. The predicted octanol–water partition coefficient (Wildman–Crippen LogP) is 1.26. The number of aromatic nitrogens is 1. The van der Waals surface area contributed by atoms with E-state index in [1.807, 2.05) is 13.8 Å². The molecule has 0 saturated carbocycles. The Bertz CT molecular complexity index is 548. The lowest BCUT2D eigenvalue weighted by atomic mass is 10.1. The quantitative estimate of drug-likeness (QED) is 0.820. The Morgan fingerprint density at radius 1 is 1.35 bits per heavy atom. The number of aliphatic carboxylic acids is 1. The van der Waals surface area contributed by atoms with E-state index in [9.17, 15) is 14.4 Å². The number of pyridine rings is 1. The smallest absolute Gasteiger partial charge is 0.305 e.